The molecule has 2 N–H and O–H groups in total. The minimum atomic E-state index is -0.274. The normalized spacial score (nSPS) is 26.0. The molecule has 0 radical (unpaired) electrons. The predicted octanol–water partition coefficient (Wildman–Crippen LogP) is 3.30. The molecule has 0 aliphatic heterocycles. The number of hydrogen-bond donors (Lipinski definition) is 2. The van der Waals surface area contributed by atoms with Crippen LogP contribution in [0.25, 0.3) is 0 Å². The molecule has 0 heterocycles. The minimum absolute atomic E-state index is 0.0897. The van der Waals surface area contributed by atoms with Crippen LogP contribution in [0.15, 0.2) is 24.3 Å². The van der Waals surface area contributed by atoms with E-state index in [4.69, 9.17) is 5.26 Å². The maximum absolute atomic E-state index is 12.4. The number of nitrogens with one attached hydrogen (secondary N) is 2. The van der Waals surface area contributed by atoms with E-state index in [0.29, 0.717) is 29.1 Å². The van der Waals surface area contributed by atoms with Gasteiger partial charge in [0, 0.05) is 6.04 Å². The minimum Gasteiger partial charge on any atom is -0.324 e. The largest absolute Gasteiger partial charge is 0.324 e. The van der Waals surface area contributed by atoms with Crippen molar-refractivity contribution in [1.82, 2.24) is 5.32 Å². The van der Waals surface area contributed by atoms with Crippen LogP contribution in [0.3, 0.4) is 0 Å². The molecule has 1 amide bonds. The Hall–Kier alpha value is -1.86. The van der Waals surface area contributed by atoms with Crippen molar-refractivity contribution in [2.75, 3.05) is 5.32 Å². The lowest BCUT2D eigenvalue weighted by Crippen LogP contribution is -2.49. The van der Waals surface area contributed by atoms with E-state index < -0.39 is 0 Å². The Labute approximate surface area is 132 Å². The third-order valence-corrected chi connectivity index (χ3v) is 4.87. The number of rotatable bonds is 4. The number of hydrogen-bond acceptors (Lipinski definition) is 3. The second kappa shape index (κ2) is 7.42. The highest BCUT2D eigenvalue weighted by Crippen LogP contribution is 2.29. The Bertz CT molecular complexity index is 564. The zero-order valence-electron chi connectivity index (χ0n) is 13.6. The first-order valence-corrected chi connectivity index (χ1v) is 8.09. The molecule has 4 nitrogen and oxygen atoms in total. The summed E-state index contributed by atoms with van der Waals surface area (Å²) in [5.41, 5.74) is 1.07. The van der Waals surface area contributed by atoms with E-state index in [-0.39, 0.29) is 11.9 Å². The molecule has 118 valence electrons. The number of carbonyl (C=O) groups is 1. The molecule has 2 rings (SSSR count). The molecule has 1 aliphatic carbocycles. The van der Waals surface area contributed by atoms with Crippen LogP contribution in [0, 0.1) is 23.2 Å². The van der Waals surface area contributed by atoms with E-state index in [1.807, 2.05) is 13.0 Å². The molecule has 0 spiro atoms. The molecule has 4 heteroatoms. The summed E-state index contributed by atoms with van der Waals surface area (Å²) in [5, 5.41) is 15.4. The van der Waals surface area contributed by atoms with Crippen molar-refractivity contribution in [2.24, 2.45) is 11.8 Å². The van der Waals surface area contributed by atoms with Gasteiger partial charge in [-0.1, -0.05) is 38.8 Å². The first-order valence-electron chi connectivity index (χ1n) is 8.09. The molecule has 1 fully saturated rings. The fourth-order valence-electron chi connectivity index (χ4n) is 3.14. The third kappa shape index (κ3) is 3.86. The molecule has 1 aromatic carbocycles. The molecule has 1 aliphatic rings. The van der Waals surface area contributed by atoms with E-state index >= 15 is 0 Å². The maximum Gasteiger partial charge on any atom is 0.241 e. The number of benzene rings is 1. The van der Waals surface area contributed by atoms with Gasteiger partial charge in [0.15, 0.2) is 0 Å². The lowest BCUT2D eigenvalue weighted by Gasteiger charge is -2.36. The highest BCUT2D eigenvalue weighted by molar-refractivity contribution is 5.95. The summed E-state index contributed by atoms with van der Waals surface area (Å²) in [6, 6.07) is 9.29. The summed E-state index contributed by atoms with van der Waals surface area (Å²) in [6.07, 6.45) is 3.61. The Balaban J connectivity index is 1.96. The van der Waals surface area contributed by atoms with Crippen molar-refractivity contribution in [3.05, 3.63) is 29.8 Å². The Morgan fingerprint density at radius 3 is 2.77 bits per heavy atom. The summed E-state index contributed by atoms with van der Waals surface area (Å²) in [6.45, 7) is 6.43. The fourth-order valence-corrected chi connectivity index (χ4v) is 3.14. The predicted molar refractivity (Wildman–Crippen MR) is 88.4 cm³/mol. The number of nitrogens with zero attached hydrogens (tertiary/aromatic N) is 1. The lowest BCUT2D eigenvalue weighted by atomic mass is 9.78. The van der Waals surface area contributed by atoms with Gasteiger partial charge in [0.05, 0.1) is 17.3 Å². The van der Waals surface area contributed by atoms with Crippen LogP contribution in [0.2, 0.25) is 0 Å². The van der Waals surface area contributed by atoms with Crippen LogP contribution in [0.4, 0.5) is 5.69 Å². The van der Waals surface area contributed by atoms with Gasteiger partial charge < -0.3 is 10.6 Å². The Kier molecular flexibility index (Phi) is 5.57. The van der Waals surface area contributed by atoms with Crippen LogP contribution < -0.4 is 10.6 Å². The third-order valence-electron chi connectivity index (χ3n) is 4.87. The molecular formula is C18H25N3O. The van der Waals surface area contributed by atoms with Gasteiger partial charge in [0.25, 0.3) is 0 Å². The average Bonchev–Trinajstić information content (AvgIpc) is 2.52. The molecule has 0 saturated heterocycles. The molecule has 0 aromatic heterocycles. The van der Waals surface area contributed by atoms with Gasteiger partial charge in [0.1, 0.15) is 6.07 Å². The van der Waals surface area contributed by atoms with Crippen molar-refractivity contribution in [3.8, 4) is 6.07 Å². The molecule has 0 bridgehead atoms. The zero-order chi connectivity index (χ0) is 16.1. The molecule has 4 atom stereocenters. The summed E-state index contributed by atoms with van der Waals surface area (Å²) < 4.78 is 0. The van der Waals surface area contributed by atoms with Gasteiger partial charge in [-0.3, -0.25) is 4.79 Å². The molecule has 1 saturated carbocycles. The molecular weight excluding hydrogens is 274 g/mol. The van der Waals surface area contributed by atoms with Gasteiger partial charge >= 0.3 is 0 Å². The fraction of sp³-hybridized carbons (Fsp3) is 0.556. The van der Waals surface area contributed by atoms with Gasteiger partial charge in [-0.2, -0.15) is 5.26 Å². The van der Waals surface area contributed by atoms with Gasteiger partial charge in [-0.25, -0.2) is 0 Å². The summed E-state index contributed by atoms with van der Waals surface area (Å²) >= 11 is 0. The van der Waals surface area contributed by atoms with Crippen LogP contribution in [0.1, 0.15) is 45.6 Å². The standard InChI is InChI=1S/C18H25N3O/c1-12-7-6-10-16(13(12)2)20-14(3)18(22)21-17-9-5-4-8-15(17)11-19/h4-5,8-9,12-14,16,20H,6-7,10H2,1-3H3,(H,21,22)/t12-,13-,14+,16-/m1/s1. The van der Waals surface area contributed by atoms with Crippen LogP contribution in [0.5, 0.6) is 0 Å². The van der Waals surface area contributed by atoms with Crippen LogP contribution in [-0.4, -0.2) is 18.0 Å². The number of anilines is 1. The van der Waals surface area contributed by atoms with E-state index in [1.54, 1.807) is 18.2 Å². The van der Waals surface area contributed by atoms with Gasteiger partial charge in [0.2, 0.25) is 5.91 Å². The quantitative estimate of drug-likeness (QED) is 0.896. The van der Waals surface area contributed by atoms with Crippen molar-refractivity contribution in [1.29, 1.82) is 5.26 Å². The van der Waals surface area contributed by atoms with Gasteiger partial charge in [-0.15, -0.1) is 0 Å². The second-order valence-corrected chi connectivity index (χ2v) is 6.41. The second-order valence-electron chi connectivity index (χ2n) is 6.41. The highest BCUT2D eigenvalue weighted by Gasteiger charge is 2.29. The number of nitriles is 1. The maximum atomic E-state index is 12.4. The Morgan fingerprint density at radius 1 is 1.32 bits per heavy atom. The summed E-state index contributed by atoms with van der Waals surface area (Å²) in [7, 11) is 0. The molecule has 1 aromatic rings. The van der Waals surface area contributed by atoms with Crippen molar-refractivity contribution >= 4 is 11.6 Å². The van der Waals surface area contributed by atoms with Crippen molar-refractivity contribution in [3.63, 3.8) is 0 Å². The number of para-hydroxylation sites is 1. The first-order chi connectivity index (χ1) is 10.5. The smallest absolute Gasteiger partial charge is 0.241 e. The van der Waals surface area contributed by atoms with Crippen LogP contribution in [-0.2, 0) is 4.79 Å². The van der Waals surface area contributed by atoms with E-state index in [9.17, 15) is 4.79 Å². The zero-order valence-corrected chi connectivity index (χ0v) is 13.6. The Morgan fingerprint density at radius 2 is 2.05 bits per heavy atom. The first kappa shape index (κ1) is 16.5. The number of amides is 1. The van der Waals surface area contributed by atoms with E-state index in [2.05, 4.69) is 30.6 Å². The monoisotopic (exact) mass is 299 g/mol. The van der Waals surface area contributed by atoms with Crippen LogP contribution >= 0.6 is 0 Å². The highest BCUT2D eigenvalue weighted by atomic mass is 16.2. The van der Waals surface area contributed by atoms with E-state index in [1.165, 1.54) is 12.8 Å². The molecule has 0 unspecified atom stereocenters. The average molecular weight is 299 g/mol. The van der Waals surface area contributed by atoms with Gasteiger partial charge in [-0.05, 0) is 37.3 Å². The SMILES string of the molecule is C[C@@H]1[C@H](C)CCC[C@H]1N[C@@H](C)C(=O)Nc1ccccc1C#N. The topological polar surface area (TPSA) is 64.9 Å². The van der Waals surface area contributed by atoms with Crippen molar-refractivity contribution in [2.45, 2.75) is 52.1 Å². The summed E-state index contributed by atoms with van der Waals surface area (Å²) in [5.74, 6) is 1.18. The molecule has 22 heavy (non-hydrogen) atoms. The lowest BCUT2D eigenvalue weighted by molar-refractivity contribution is -0.118. The summed E-state index contributed by atoms with van der Waals surface area (Å²) in [4.78, 5) is 12.4. The van der Waals surface area contributed by atoms with Crippen molar-refractivity contribution < 1.29 is 4.79 Å². The number of carbonyl (C=O) groups excluding carboxylic acids is 1. The van der Waals surface area contributed by atoms with E-state index in [0.717, 1.165) is 6.42 Å².